The van der Waals surface area contributed by atoms with Crippen molar-refractivity contribution in [2.24, 2.45) is 11.5 Å². The number of primary amides is 1. The first-order valence-corrected chi connectivity index (χ1v) is 3.10. The average molecular weight is 191 g/mol. The molecular formula is C3H5Cl3N2O. The first-order chi connectivity index (χ1) is 3.85. The molecule has 0 aliphatic heterocycles. The quantitative estimate of drug-likeness (QED) is 0.580. The van der Waals surface area contributed by atoms with E-state index in [4.69, 9.17) is 46.3 Å². The van der Waals surface area contributed by atoms with Gasteiger partial charge in [-0.25, -0.2) is 0 Å². The van der Waals surface area contributed by atoms with Crippen molar-refractivity contribution in [3.8, 4) is 0 Å². The van der Waals surface area contributed by atoms with Crippen molar-refractivity contribution < 1.29 is 4.79 Å². The number of carbonyl (C=O) groups is 1. The summed E-state index contributed by atoms with van der Waals surface area (Å²) in [5, 5.41) is 0. The molecule has 0 radical (unpaired) electrons. The summed E-state index contributed by atoms with van der Waals surface area (Å²) >= 11 is 15.6. The molecule has 0 heterocycles. The molecule has 4 N–H and O–H groups in total. The first kappa shape index (κ1) is 9.30. The Bertz CT molecular complexity index is 121. The maximum Gasteiger partial charge on any atom is 0.238 e. The van der Waals surface area contributed by atoms with Crippen LogP contribution in [-0.2, 0) is 4.79 Å². The second kappa shape index (κ2) is 2.92. The monoisotopic (exact) mass is 190 g/mol. The summed E-state index contributed by atoms with van der Waals surface area (Å²) in [6.07, 6.45) is 0. The van der Waals surface area contributed by atoms with Crippen LogP contribution in [-0.4, -0.2) is 15.7 Å². The lowest BCUT2D eigenvalue weighted by Crippen LogP contribution is -2.46. The molecule has 9 heavy (non-hydrogen) atoms. The van der Waals surface area contributed by atoms with Gasteiger partial charge in [-0.15, -0.1) is 0 Å². The summed E-state index contributed by atoms with van der Waals surface area (Å²) < 4.78 is -1.80. The molecule has 1 unspecified atom stereocenters. The van der Waals surface area contributed by atoms with Gasteiger partial charge >= 0.3 is 0 Å². The molecule has 0 aliphatic carbocycles. The lowest BCUT2D eigenvalue weighted by Gasteiger charge is -2.15. The van der Waals surface area contributed by atoms with Crippen LogP contribution in [0.4, 0.5) is 0 Å². The predicted molar refractivity (Wildman–Crippen MR) is 37.5 cm³/mol. The minimum absolute atomic E-state index is 0.838. The van der Waals surface area contributed by atoms with E-state index in [1.54, 1.807) is 0 Å². The van der Waals surface area contributed by atoms with Crippen molar-refractivity contribution in [1.29, 1.82) is 0 Å². The van der Waals surface area contributed by atoms with Gasteiger partial charge in [0.25, 0.3) is 0 Å². The minimum atomic E-state index is -1.80. The van der Waals surface area contributed by atoms with E-state index in [1.807, 2.05) is 0 Å². The van der Waals surface area contributed by atoms with Gasteiger partial charge in [-0.05, 0) is 0 Å². The van der Waals surface area contributed by atoms with Crippen LogP contribution >= 0.6 is 34.8 Å². The van der Waals surface area contributed by atoms with E-state index in [1.165, 1.54) is 0 Å². The zero-order chi connectivity index (χ0) is 7.65. The Morgan fingerprint density at radius 1 is 1.44 bits per heavy atom. The lowest BCUT2D eigenvalue weighted by atomic mass is 10.3. The Kier molecular flexibility index (Phi) is 3.02. The number of rotatable bonds is 1. The number of carbonyl (C=O) groups excluding carboxylic acids is 1. The number of hydrogen-bond donors (Lipinski definition) is 2. The molecule has 1 amide bonds. The second-order valence-electron chi connectivity index (χ2n) is 1.42. The van der Waals surface area contributed by atoms with E-state index in [0.29, 0.717) is 0 Å². The van der Waals surface area contributed by atoms with Crippen LogP contribution < -0.4 is 11.5 Å². The van der Waals surface area contributed by atoms with Crippen molar-refractivity contribution >= 4 is 40.7 Å². The molecular weight excluding hydrogens is 186 g/mol. The van der Waals surface area contributed by atoms with Crippen LogP contribution in [0.5, 0.6) is 0 Å². The van der Waals surface area contributed by atoms with E-state index < -0.39 is 15.7 Å². The van der Waals surface area contributed by atoms with Crippen LogP contribution in [0.25, 0.3) is 0 Å². The fraction of sp³-hybridized carbons (Fsp3) is 0.667. The summed E-state index contributed by atoms with van der Waals surface area (Å²) in [6, 6.07) is -1.25. The van der Waals surface area contributed by atoms with Gasteiger partial charge in [-0.3, -0.25) is 4.79 Å². The zero-order valence-corrected chi connectivity index (χ0v) is 6.54. The maximum atomic E-state index is 10.2. The summed E-state index contributed by atoms with van der Waals surface area (Å²) in [6.45, 7) is 0. The highest BCUT2D eigenvalue weighted by Crippen LogP contribution is 2.28. The van der Waals surface area contributed by atoms with Gasteiger partial charge in [-0.2, -0.15) is 0 Å². The third-order valence-corrected chi connectivity index (χ3v) is 1.36. The number of hydrogen-bond acceptors (Lipinski definition) is 2. The lowest BCUT2D eigenvalue weighted by molar-refractivity contribution is -0.119. The molecule has 0 bridgehead atoms. The van der Waals surface area contributed by atoms with E-state index in [9.17, 15) is 4.79 Å². The van der Waals surface area contributed by atoms with Crippen molar-refractivity contribution in [1.82, 2.24) is 0 Å². The van der Waals surface area contributed by atoms with Gasteiger partial charge in [0.1, 0.15) is 6.04 Å². The Morgan fingerprint density at radius 2 is 1.78 bits per heavy atom. The molecule has 0 rings (SSSR count). The molecule has 1 atom stereocenters. The maximum absolute atomic E-state index is 10.2. The molecule has 54 valence electrons. The molecule has 0 saturated carbocycles. The van der Waals surface area contributed by atoms with Crippen LogP contribution in [0, 0.1) is 0 Å². The van der Waals surface area contributed by atoms with Gasteiger partial charge in [0.2, 0.25) is 9.70 Å². The fourth-order valence-corrected chi connectivity index (χ4v) is 0.484. The predicted octanol–water partition coefficient (Wildman–Crippen LogP) is 0.169. The molecule has 3 nitrogen and oxygen atoms in total. The highest BCUT2D eigenvalue weighted by atomic mass is 35.6. The van der Waals surface area contributed by atoms with E-state index in [2.05, 4.69) is 0 Å². The van der Waals surface area contributed by atoms with Crippen molar-refractivity contribution in [2.45, 2.75) is 9.83 Å². The molecule has 0 aliphatic rings. The highest BCUT2D eigenvalue weighted by molar-refractivity contribution is 6.68. The zero-order valence-electron chi connectivity index (χ0n) is 4.27. The average Bonchev–Trinajstić information content (AvgIpc) is 1.62. The summed E-state index contributed by atoms with van der Waals surface area (Å²) in [7, 11) is 0. The number of nitrogens with two attached hydrogens (primary N) is 2. The van der Waals surface area contributed by atoms with E-state index >= 15 is 0 Å². The van der Waals surface area contributed by atoms with Crippen molar-refractivity contribution in [3.05, 3.63) is 0 Å². The first-order valence-electron chi connectivity index (χ1n) is 1.97. The van der Waals surface area contributed by atoms with Gasteiger partial charge in [-0.1, -0.05) is 34.8 Å². The SMILES string of the molecule is NC(=O)C(N)C(Cl)(Cl)Cl. The van der Waals surface area contributed by atoms with Crippen LogP contribution in [0.2, 0.25) is 0 Å². The Morgan fingerprint density at radius 3 is 1.78 bits per heavy atom. The Hall–Kier alpha value is 0.300. The smallest absolute Gasteiger partial charge is 0.238 e. The van der Waals surface area contributed by atoms with Crippen LogP contribution in [0.15, 0.2) is 0 Å². The largest absolute Gasteiger partial charge is 0.368 e. The minimum Gasteiger partial charge on any atom is -0.368 e. The molecule has 0 aromatic rings. The number of amides is 1. The summed E-state index contributed by atoms with van der Waals surface area (Å²) in [4.78, 5) is 10.2. The van der Waals surface area contributed by atoms with Crippen LogP contribution in [0.3, 0.4) is 0 Å². The van der Waals surface area contributed by atoms with Gasteiger partial charge in [0.05, 0.1) is 0 Å². The normalized spacial score (nSPS) is 15.1. The van der Waals surface area contributed by atoms with E-state index in [0.717, 1.165) is 0 Å². The molecule has 0 spiro atoms. The van der Waals surface area contributed by atoms with Gasteiger partial charge < -0.3 is 11.5 Å². The summed E-state index contributed by atoms with van der Waals surface area (Å²) in [5.41, 5.74) is 9.73. The van der Waals surface area contributed by atoms with Crippen molar-refractivity contribution in [2.75, 3.05) is 0 Å². The fourth-order valence-electron chi connectivity index (χ4n) is 0.161. The topological polar surface area (TPSA) is 69.1 Å². The van der Waals surface area contributed by atoms with Crippen molar-refractivity contribution in [3.63, 3.8) is 0 Å². The molecule has 6 heteroatoms. The summed E-state index contributed by atoms with van der Waals surface area (Å²) in [5.74, 6) is -0.838. The standard InChI is InChI=1S/C3H5Cl3N2O/c4-3(5,6)1(7)2(8)9/h1H,7H2,(H2,8,9). The number of alkyl halides is 3. The number of halogens is 3. The second-order valence-corrected chi connectivity index (χ2v) is 3.79. The Labute approximate surface area is 67.2 Å². The molecule has 0 aromatic heterocycles. The van der Waals surface area contributed by atoms with E-state index in [-0.39, 0.29) is 0 Å². The molecule has 0 aromatic carbocycles. The Balaban J connectivity index is 4.04. The third-order valence-electron chi connectivity index (χ3n) is 0.659. The molecule has 0 saturated heterocycles. The van der Waals surface area contributed by atoms with Crippen LogP contribution in [0.1, 0.15) is 0 Å². The highest BCUT2D eigenvalue weighted by Gasteiger charge is 2.33. The molecule has 0 fully saturated rings. The third kappa shape index (κ3) is 3.11. The van der Waals surface area contributed by atoms with Gasteiger partial charge in [0, 0.05) is 0 Å². The van der Waals surface area contributed by atoms with Gasteiger partial charge in [0.15, 0.2) is 0 Å².